The Kier molecular flexibility index (Phi) is 7.39. The lowest BCUT2D eigenvalue weighted by Crippen LogP contribution is -2.28. The Labute approximate surface area is 142 Å². The van der Waals surface area contributed by atoms with Crippen molar-refractivity contribution < 1.29 is 9.53 Å². The van der Waals surface area contributed by atoms with Crippen molar-refractivity contribution in [3.8, 4) is 0 Å². The van der Waals surface area contributed by atoms with E-state index in [1.165, 1.54) is 38.5 Å². The Morgan fingerprint density at radius 1 is 1.00 bits per heavy atom. The third-order valence-corrected chi connectivity index (χ3v) is 5.89. The SMILES string of the molecule is C/C=C\C=C(/CC)OC(=O)C1CCC(C2CCC(C)CC2)CC1. The average Bonchev–Trinajstić information content (AvgIpc) is 2.59. The minimum Gasteiger partial charge on any atom is -0.431 e. The van der Waals surface area contributed by atoms with Crippen molar-refractivity contribution in [2.24, 2.45) is 23.7 Å². The van der Waals surface area contributed by atoms with Crippen LogP contribution in [-0.2, 0) is 9.53 Å². The standard InChI is InChI=1S/C21H34O2/c1-4-6-7-20(5-2)23-21(22)19-14-12-18(13-15-19)17-10-8-16(3)9-11-17/h4,6-7,16-19H,5,8-15H2,1-3H3/b6-4-,20-7+. The molecule has 0 radical (unpaired) electrons. The van der Waals surface area contributed by atoms with Crippen molar-refractivity contribution in [2.75, 3.05) is 0 Å². The maximum Gasteiger partial charge on any atom is 0.314 e. The average molecular weight is 319 g/mol. The Balaban J connectivity index is 1.78. The predicted octanol–water partition coefficient (Wildman–Crippen LogP) is 6.03. The monoisotopic (exact) mass is 318 g/mol. The van der Waals surface area contributed by atoms with Crippen LogP contribution in [0.2, 0.25) is 0 Å². The van der Waals surface area contributed by atoms with Gasteiger partial charge in [0.05, 0.1) is 5.92 Å². The van der Waals surface area contributed by atoms with E-state index in [2.05, 4.69) is 6.92 Å². The summed E-state index contributed by atoms with van der Waals surface area (Å²) in [5.41, 5.74) is 0. The maximum absolute atomic E-state index is 12.4. The van der Waals surface area contributed by atoms with E-state index in [0.717, 1.165) is 42.8 Å². The number of carbonyl (C=O) groups is 1. The number of hydrogen-bond acceptors (Lipinski definition) is 2. The molecule has 2 rings (SSSR count). The minimum absolute atomic E-state index is 0.00156. The molecule has 0 atom stereocenters. The lowest BCUT2D eigenvalue weighted by Gasteiger charge is -2.36. The van der Waals surface area contributed by atoms with Crippen LogP contribution in [0.4, 0.5) is 0 Å². The van der Waals surface area contributed by atoms with Gasteiger partial charge in [0.2, 0.25) is 0 Å². The molecule has 0 unspecified atom stereocenters. The molecule has 2 aliphatic rings. The van der Waals surface area contributed by atoms with Crippen LogP contribution < -0.4 is 0 Å². The van der Waals surface area contributed by atoms with Gasteiger partial charge in [0.25, 0.3) is 0 Å². The van der Waals surface area contributed by atoms with E-state index < -0.39 is 0 Å². The van der Waals surface area contributed by atoms with Crippen molar-refractivity contribution in [1.82, 2.24) is 0 Å². The Morgan fingerprint density at radius 2 is 1.57 bits per heavy atom. The molecule has 2 aliphatic carbocycles. The van der Waals surface area contributed by atoms with E-state index in [-0.39, 0.29) is 11.9 Å². The summed E-state index contributed by atoms with van der Waals surface area (Å²) >= 11 is 0. The molecule has 0 bridgehead atoms. The molecule has 130 valence electrons. The number of carbonyl (C=O) groups excluding carboxylic acids is 1. The molecule has 23 heavy (non-hydrogen) atoms. The van der Waals surface area contributed by atoms with Gasteiger partial charge < -0.3 is 4.74 Å². The largest absolute Gasteiger partial charge is 0.431 e. The molecule has 2 fully saturated rings. The third-order valence-electron chi connectivity index (χ3n) is 5.89. The van der Waals surface area contributed by atoms with Crippen LogP contribution in [0.5, 0.6) is 0 Å². The van der Waals surface area contributed by atoms with Crippen LogP contribution in [-0.4, -0.2) is 5.97 Å². The van der Waals surface area contributed by atoms with Gasteiger partial charge >= 0.3 is 5.97 Å². The van der Waals surface area contributed by atoms with Gasteiger partial charge in [0.1, 0.15) is 5.76 Å². The van der Waals surface area contributed by atoms with Gasteiger partial charge in [0.15, 0.2) is 0 Å². The first-order valence-corrected chi connectivity index (χ1v) is 9.67. The fourth-order valence-corrected chi connectivity index (χ4v) is 4.22. The van der Waals surface area contributed by atoms with Crippen LogP contribution in [0, 0.1) is 23.7 Å². The second-order valence-electron chi connectivity index (χ2n) is 7.57. The van der Waals surface area contributed by atoms with Gasteiger partial charge in [0, 0.05) is 6.42 Å². The van der Waals surface area contributed by atoms with Crippen LogP contribution in [0.25, 0.3) is 0 Å². The summed E-state index contributed by atoms with van der Waals surface area (Å²) in [5, 5.41) is 0. The van der Waals surface area contributed by atoms with Crippen LogP contribution in [0.1, 0.15) is 78.6 Å². The zero-order valence-corrected chi connectivity index (χ0v) is 15.2. The Bertz CT molecular complexity index is 419. The summed E-state index contributed by atoms with van der Waals surface area (Å²) in [6, 6.07) is 0. The molecule has 0 aromatic rings. The normalized spacial score (nSPS) is 32.9. The summed E-state index contributed by atoms with van der Waals surface area (Å²) < 4.78 is 5.61. The second-order valence-corrected chi connectivity index (χ2v) is 7.57. The lowest BCUT2D eigenvalue weighted by molar-refractivity contribution is -0.146. The van der Waals surface area contributed by atoms with E-state index in [1.54, 1.807) is 0 Å². The molecule has 0 aromatic heterocycles. The van der Waals surface area contributed by atoms with E-state index in [9.17, 15) is 4.79 Å². The smallest absolute Gasteiger partial charge is 0.314 e. The van der Waals surface area contributed by atoms with E-state index in [4.69, 9.17) is 4.74 Å². The van der Waals surface area contributed by atoms with E-state index in [1.807, 2.05) is 32.1 Å². The number of esters is 1. The molecule has 0 aromatic carbocycles. The van der Waals surface area contributed by atoms with Crippen molar-refractivity contribution >= 4 is 5.97 Å². The van der Waals surface area contributed by atoms with Gasteiger partial charge in [-0.3, -0.25) is 4.79 Å². The molecule has 2 nitrogen and oxygen atoms in total. The molecule has 2 saturated carbocycles. The first-order chi connectivity index (χ1) is 11.1. The molecule has 0 heterocycles. The quantitative estimate of drug-likeness (QED) is 0.351. The topological polar surface area (TPSA) is 26.3 Å². The summed E-state index contributed by atoms with van der Waals surface area (Å²) in [4.78, 5) is 12.4. The molecular weight excluding hydrogens is 284 g/mol. The first-order valence-electron chi connectivity index (χ1n) is 9.67. The highest BCUT2D eigenvalue weighted by Gasteiger charge is 2.33. The number of rotatable bonds is 5. The highest BCUT2D eigenvalue weighted by atomic mass is 16.5. The molecule has 0 aliphatic heterocycles. The van der Waals surface area contributed by atoms with E-state index in [0.29, 0.717) is 0 Å². The van der Waals surface area contributed by atoms with Crippen molar-refractivity contribution in [1.29, 1.82) is 0 Å². The zero-order chi connectivity index (χ0) is 16.7. The summed E-state index contributed by atoms with van der Waals surface area (Å²) in [6.45, 7) is 6.39. The molecule has 0 N–H and O–H groups in total. The maximum atomic E-state index is 12.4. The first kappa shape index (κ1) is 18.3. The summed E-state index contributed by atoms with van der Waals surface area (Å²) in [5.74, 6) is 3.61. The predicted molar refractivity (Wildman–Crippen MR) is 95.9 cm³/mol. The van der Waals surface area contributed by atoms with Crippen LogP contribution in [0.15, 0.2) is 24.0 Å². The molecule has 0 amide bonds. The fraction of sp³-hybridized carbons (Fsp3) is 0.762. The highest BCUT2D eigenvalue weighted by molar-refractivity contribution is 5.73. The Hall–Kier alpha value is -1.05. The van der Waals surface area contributed by atoms with Gasteiger partial charge in [-0.1, -0.05) is 38.8 Å². The van der Waals surface area contributed by atoms with Gasteiger partial charge in [-0.15, -0.1) is 0 Å². The van der Waals surface area contributed by atoms with Crippen LogP contribution in [0.3, 0.4) is 0 Å². The fourth-order valence-electron chi connectivity index (χ4n) is 4.22. The number of ether oxygens (including phenoxy) is 1. The lowest BCUT2D eigenvalue weighted by atomic mass is 9.69. The third kappa shape index (κ3) is 5.51. The summed E-state index contributed by atoms with van der Waals surface area (Å²) in [7, 11) is 0. The minimum atomic E-state index is -0.00156. The Morgan fingerprint density at radius 3 is 2.09 bits per heavy atom. The highest BCUT2D eigenvalue weighted by Crippen LogP contribution is 2.41. The molecule has 2 heteroatoms. The number of allylic oxidation sites excluding steroid dienone is 4. The second kappa shape index (κ2) is 9.30. The van der Waals surface area contributed by atoms with Gasteiger partial charge in [-0.25, -0.2) is 0 Å². The van der Waals surface area contributed by atoms with Crippen molar-refractivity contribution in [3.63, 3.8) is 0 Å². The summed E-state index contributed by atoms with van der Waals surface area (Å²) in [6.07, 6.45) is 16.7. The molecule has 0 spiro atoms. The van der Waals surface area contributed by atoms with Crippen molar-refractivity contribution in [3.05, 3.63) is 24.0 Å². The van der Waals surface area contributed by atoms with Crippen molar-refractivity contribution in [2.45, 2.75) is 78.6 Å². The zero-order valence-electron chi connectivity index (χ0n) is 15.2. The van der Waals surface area contributed by atoms with Gasteiger partial charge in [-0.05, 0) is 69.3 Å². The molecular formula is C21H34O2. The molecule has 0 saturated heterocycles. The van der Waals surface area contributed by atoms with E-state index >= 15 is 0 Å². The van der Waals surface area contributed by atoms with Crippen LogP contribution >= 0.6 is 0 Å². The number of hydrogen-bond donors (Lipinski definition) is 0. The van der Waals surface area contributed by atoms with Gasteiger partial charge in [-0.2, -0.15) is 0 Å².